The first-order chi connectivity index (χ1) is 10.7. The number of unbranched alkanes of at least 4 members (excludes halogenated alkanes) is 5. The Hall–Kier alpha value is -0.460. The number of aliphatic hydroxyl groups is 3. The van der Waals surface area contributed by atoms with Crippen LogP contribution in [0.4, 0.5) is 0 Å². The summed E-state index contributed by atoms with van der Waals surface area (Å²) in [5.74, 6) is 0. The van der Waals surface area contributed by atoms with Crippen LogP contribution in [0.3, 0.4) is 0 Å². The van der Waals surface area contributed by atoms with Crippen molar-refractivity contribution in [3.8, 4) is 0 Å². The number of rotatable bonds is 12. The fourth-order valence-corrected chi connectivity index (χ4v) is 2.48. The Bertz CT molecular complexity index is 295. The molecule has 5 nitrogen and oxygen atoms in total. The molecule has 1 rings (SSSR count). The van der Waals surface area contributed by atoms with Gasteiger partial charge in [0.05, 0.1) is 13.2 Å². The van der Waals surface area contributed by atoms with E-state index in [-0.39, 0.29) is 13.2 Å². The number of ether oxygens (including phenoxy) is 2. The molecule has 0 unspecified atom stereocenters. The maximum Gasteiger partial charge on any atom is 0.114 e. The van der Waals surface area contributed by atoms with Crippen molar-refractivity contribution in [3.05, 3.63) is 12.2 Å². The fraction of sp³-hybridized carbons (Fsp3) is 0.882. The van der Waals surface area contributed by atoms with Gasteiger partial charge in [0, 0.05) is 6.61 Å². The predicted molar refractivity (Wildman–Crippen MR) is 85.7 cm³/mol. The van der Waals surface area contributed by atoms with E-state index in [9.17, 15) is 15.3 Å². The molecule has 5 heteroatoms. The summed E-state index contributed by atoms with van der Waals surface area (Å²) in [5.41, 5.74) is 0. The summed E-state index contributed by atoms with van der Waals surface area (Å²) < 4.78 is 10.6. The molecule has 1 fully saturated rings. The van der Waals surface area contributed by atoms with E-state index >= 15 is 0 Å². The number of hydrogen-bond donors (Lipinski definition) is 3. The van der Waals surface area contributed by atoms with Crippen LogP contribution in [0.25, 0.3) is 0 Å². The molecule has 0 spiro atoms. The summed E-state index contributed by atoms with van der Waals surface area (Å²) in [6, 6.07) is 0. The lowest BCUT2D eigenvalue weighted by atomic mass is 10.1. The lowest BCUT2D eigenvalue weighted by Gasteiger charge is -2.20. The molecule has 0 aromatic rings. The Labute approximate surface area is 133 Å². The van der Waals surface area contributed by atoms with Crippen molar-refractivity contribution in [3.63, 3.8) is 0 Å². The standard InChI is InChI=1S/C17H32O5/c1-2-3-4-5-6-7-8-9-10-11-21-12-15(19)17-16(20)14(18)13-22-17/h6-7,14-20H,2-5,8-13H2,1H3/b7-6+/t14-,15+,16-,17-/m1/s1. The van der Waals surface area contributed by atoms with Crippen LogP contribution in [-0.2, 0) is 9.47 Å². The highest BCUT2D eigenvalue weighted by atomic mass is 16.5. The van der Waals surface area contributed by atoms with Crippen molar-refractivity contribution < 1.29 is 24.8 Å². The van der Waals surface area contributed by atoms with Gasteiger partial charge in [-0.2, -0.15) is 0 Å². The molecule has 3 N–H and O–H groups in total. The zero-order valence-corrected chi connectivity index (χ0v) is 13.7. The van der Waals surface area contributed by atoms with Gasteiger partial charge in [-0.15, -0.1) is 0 Å². The first-order valence-corrected chi connectivity index (χ1v) is 8.55. The normalized spacial score (nSPS) is 26.8. The molecule has 0 bridgehead atoms. The van der Waals surface area contributed by atoms with Gasteiger partial charge in [0.2, 0.25) is 0 Å². The number of aliphatic hydroxyl groups excluding tert-OH is 3. The monoisotopic (exact) mass is 316 g/mol. The maximum atomic E-state index is 9.85. The number of allylic oxidation sites excluding steroid dienone is 2. The van der Waals surface area contributed by atoms with E-state index in [1.807, 2.05) is 0 Å². The molecular weight excluding hydrogens is 284 g/mol. The van der Waals surface area contributed by atoms with Crippen molar-refractivity contribution >= 4 is 0 Å². The van der Waals surface area contributed by atoms with Gasteiger partial charge < -0.3 is 24.8 Å². The second kappa shape index (κ2) is 12.0. The smallest absolute Gasteiger partial charge is 0.114 e. The Balaban J connectivity index is 1.93. The maximum absolute atomic E-state index is 9.85. The van der Waals surface area contributed by atoms with E-state index in [0.29, 0.717) is 6.61 Å². The molecule has 1 aliphatic rings. The van der Waals surface area contributed by atoms with Crippen LogP contribution < -0.4 is 0 Å². The quantitative estimate of drug-likeness (QED) is 0.378. The summed E-state index contributed by atoms with van der Waals surface area (Å²) in [5, 5.41) is 28.8. The molecule has 0 aromatic carbocycles. The highest BCUT2D eigenvalue weighted by molar-refractivity contribution is 4.87. The highest BCUT2D eigenvalue weighted by Gasteiger charge is 2.39. The SMILES string of the molecule is CCCCC/C=C/CCCCOC[C@H](O)[C@H]1OC[C@@H](O)[C@H]1O. The first kappa shape index (κ1) is 19.6. The summed E-state index contributed by atoms with van der Waals surface area (Å²) >= 11 is 0. The van der Waals surface area contributed by atoms with E-state index in [1.54, 1.807) is 0 Å². The van der Waals surface area contributed by atoms with Crippen LogP contribution in [0, 0.1) is 0 Å². The van der Waals surface area contributed by atoms with Crippen LogP contribution in [0.2, 0.25) is 0 Å². The molecule has 1 saturated heterocycles. The van der Waals surface area contributed by atoms with Crippen LogP contribution in [0.5, 0.6) is 0 Å². The Kier molecular flexibility index (Phi) is 10.7. The molecule has 0 amide bonds. The summed E-state index contributed by atoms with van der Waals surface area (Å²) in [7, 11) is 0. The molecule has 0 saturated carbocycles. The third-order valence-corrected chi connectivity index (χ3v) is 3.91. The zero-order chi connectivity index (χ0) is 16.2. The van der Waals surface area contributed by atoms with Gasteiger partial charge in [-0.3, -0.25) is 0 Å². The summed E-state index contributed by atoms with van der Waals surface area (Å²) in [6.45, 7) is 2.99. The summed E-state index contributed by atoms with van der Waals surface area (Å²) in [4.78, 5) is 0. The molecule has 4 atom stereocenters. The van der Waals surface area contributed by atoms with E-state index in [1.165, 1.54) is 25.7 Å². The third kappa shape index (κ3) is 7.70. The molecule has 0 aromatic heterocycles. The minimum absolute atomic E-state index is 0.0630. The second-order valence-corrected chi connectivity index (χ2v) is 5.96. The van der Waals surface area contributed by atoms with Crippen molar-refractivity contribution in [2.24, 2.45) is 0 Å². The fourth-order valence-electron chi connectivity index (χ4n) is 2.48. The zero-order valence-electron chi connectivity index (χ0n) is 13.7. The summed E-state index contributed by atoms with van der Waals surface area (Å²) in [6.07, 6.45) is 8.99. The molecule has 1 aliphatic heterocycles. The highest BCUT2D eigenvalue weighted by Crippen LogP contribution is 2.17. The first-order valence-electron chi connectivity index (χ1n) is 8.55. The van der Waals surface area contributed by atoms with Crippen molar-refractivity contribution in [1.29, 1.82) is 0 Å². The van der Waals surface area contributed by atoms with Gasteiger partial charge in [0.25, 0.3) is 0 Å². The van der Waals surface area contributed by atoms with E-state index < -0.39 is 24.4 Å². The van der Waals surface area contributed by atoms with Crippen LogP contribution in [0.1, 0.15) is 51.9 Å². The van der Waals surface area contributed by atoms with Gasteiger partial charge in [0.1, 0.15) is 24.4 Å². The third-order valence-electron chi connectivity index (χ3n) is 3.91. The van der Waals surface area contributed by atoms with Gasteiger partial charge in [-0.05, 0) is 32.1 Å². The average molecular weight is 316 g/mol. The molecule has 22 heavy (non-hydrogen) atoms. The van der Waals surface area contributed by atoms with Gasteiger partial charge in [-0.25, -0.2) is 0 Å². The van der Waals surface area contributed by atoms with E-state index in [2.05, 4.69) is 19.1 Å². The van der Waals surface area contributed by atoms with Crippen molar-refractivity contribution in [2.45, 2.75) is 76.3 Å². The Morgan fingerprint density at radius 2 is 1.82 bits per heavy atom. The van der Waals surface area contributed by atoms with Gasteiger partial charge >= 0.3 is 0 Å². The Morgan fingerprint density at radius 3 is 2.41 bits per heavy atom. The van der Waals surface area contributed by atoms with E-state index in [4.69, 9.17) is 9.47 Å². The van der Waals surface area contributed by atoms with Crippen molar-refractivity contribution in [2.75, 3.05) is 19.8 Å². The Morgan fingerprint density at radius 1 is 1.14 bits per heavy atom. The van der Waals surface area contributed by atoms with Crippen LogP contribution in [0.15, 0.2) is 12.2 Å². The minimum Gasteiger partial charge on any atom is -0.388 e. The molecule has 1 heterocycles. The lowest BCUT2D eigenvalue weighted by Crippen LogP contribution is -2.40. The average Bonchev–Trinajstić information content (AvgIpc) is 2.84. The lowest BCUT2D eigenvalue weighted by molar-refractivity contribution is -0.0813. The van der Waals surface area contributed by atoms with Gasteiger partial charge in [-0.1, -0.05) is 31.9 Å². The van der Waals surface area contributed by atoms with Gasteiger partial charge in [0.15, 0.2) is 0 Å². The number of hydrogen-bond acceptors (Lipinski definition) is 5. The van der Waals surface area contributed by atoms with E-state index in [0.717, 1.165) is 19.3 Å². The minimum atomic E-state index is -1.03. The van der Waals surface area contributed by atoms with Crippen LogP contribution in [-0.4, -0.2) is 59.6 Å². The molecule has 0 aliphatic carbocycles. The molecule has 130 valence electrons. The van der Waals surface area contributed by atoms with Crippen LogP contribution >= 0.6 is 0 Å². The molecular formula is C17H32O5. The topological polar surface area (TPSA) is 79.2 Å². The largest absolute Gasteiger partial charge is 0.388 e. The molecule has 0 radical (unpaired) electrons. The second-order valence-electron chi connectivity index (χ2n) is 5.96. The predicted octanol–water partition coefficient (Wildman–Crippen LogP) is 1.79. The van der Waals surface area contributed by atoms with Crippen molar-refractivity contribution in [1.82, 2.24) is 0 Å².